The highest BCUT2D eigenvalue weighted by molar-refractivity contribution is 7.21. The maximum atomic E-state index is 5.21. The van der Waals surface area contributed by atoms with Crippen LogP contribution in [-0.4, -0.2) is 24.5 Å². The second-order valence-corrected chi connectivity index (χ2v) is 13.7. The zero-order chi connectivity index (χ0) is 34.4. The maximum Gasteiger partial charge on any atom is 0.166 e. The number of rotatable bonds is 6. The van der Waals surface area contributed by atoms with E-state index in [-0.39, 0.29) is 0 Å². The van der Waals surface area contributed by atoms with E-state index in [4.69, 9.17) is 19.9 Å². The average Bonchev–Trinajstić information content (AvgIpc) is 3.81. The minimum atomic E-state index is 0.595. The van der Waals surface area contributed by atoms with Gasteiger partial charge in [0.25, 0.3) is 0 Å². The highest BCUT2D eigenvalue weighted by atomic mass is 32.1. The normalized spacial score (nSPS) is 11.5. The molecular formula is C46H29N5S. The van der Waals surface area contributed by atoms with E-state index in [1.807, 2.05) is 66.7 Å². The molecule has 0 bridgehead atoms. The second kappa shape index (κ2) is 12.5. The number of benzene rings is 7. The van der Waals surface area contributed by atoms with Crippen molar-refractivity contribution in [2.75, 3.05) is 0 Å². The maximum absolute atomic E-state index is 5.21. The fourth-order valence-corrected chi connectivity index (χ4v) is 7.97. The minimum absolute atomic E-state index is 0.595. The lowest BCUT2D eigenvalue weighted by molar-refractivity contribution is 1.06. The molecule has 0 atom stereocenters. The van der Waals surface area contributed by atoms with Gasteiger partial charge in [-0.3, -0.25) is 0 Å². The second-order valence-electron chi connectivity index (χ2n) is 12.7. The number of para-hydroxylation sites is 2. The smallest absolute Gasteiger partial charge is 0.166 e. The van der Waals surface area contributed by atoms with Gasteiger partial charge >= 0.3 is 0 Å². The third kappa shape index (κ3) is 5.25. The highest BCUT2D eigenvalue weighted by Crippen LogP contribution is 2.40. The van der Waals surface area contributed by atoms with Crippen molar-refractivity contribution in [3.05, 3.63) is 176 Å². The van der Waals surface area contributed by atoms with E-state index in [2.05, 4.69) is 114 Å². The van der Waals surface area contributed by atoms with Gasteiger partial charge in [0.1, 0.15) is 5.01 Å². The van der Waals surface area contributed by atoms with Crippen molar-refractivity contribution in [2.45, 2.75) is 0 Å². The Hall–Kier alpha value is -6.76. The van der Waals surface area contributed by atoms with Crippen LogP contribution in [0.5, 0.6) is 0 Å². The van der Waals surface area contributed by atoms with Crippen LogP contribution in [0.2, 0.25) is 0 Å². The van der Waals surface area contributed by atoms with Gasteiger partial charge in [-0.1, -0.05) is 127 Å². The molecule has 3 aromatic heterocycles. The Morgan fingerprint density at radius 3 is 1.67 bits per heavy atom. The predicted molar refractivity (Wildman–Crippen MR) is 215 cm³/mol. The Kier molecular flexibility index (Phi) is 7.25. The summed E-state index contributed by atoms with van der Waals surface area (Å²) in [4.78, 5) is 20.5. The van der Waals surface area contributed by atoms with Crippen molar-refractivity contribution >= 4 is 43.4 Å². The predicted octanol–water partition coefficient (Wildman–Crippen LogP) is 11.9. The van der Waals surface area contributed by atoms with Crippen molar-refractivity contribution in [1.29, 1.82) is 0 Å². The Labute approximate surface area is 304 Å². The lowest BCUT2D eigenvalue weighted by Gasteiger charge is -2.16. The fraction of sp³-hybridized carbons (Fsp3) is 0. The molecule has 0 radical (unpaired) electrons. The van der Waals surface area contributed by atoms with Gasteiger partial charge in [-0.2, -0.15) is 0 Å². The van der Waals surface area contributed by atoms with E-state index in [1.54, 1.807) is 11.3 Å². The highest BCUT2D eigenvalue weighted by Gasteiger charge is 2.21. The average molecular weight is 684 g/mol. The number of nitrogens with zero attached hydrogens (tertiary/aromatic N) is 5. The van der Waals surface area contributed by atoms with E-state index in [0.717, 1.165) is 54.2 Å². The van der Waals surface area contributed by atoms with Crippen LogP contribution in [-0.2, 0) is 0 Å². The van der Waals surface area contributed by atoms with Gasteiger partial charge in [0.05, 0.1) is 26.9 Å². The molecule has 0 unspecified atom stereocenters. The first-order valence-electron chi connectivity index (χ1n) is 17.2. The zero-order valence-electron chi connectivity index (χ0n) is 27.9. The van der Waals surface area contributed by atoms with Crippen molar-refractivity contribution in [3.63, 3.8) is 0 Å². The lowest BCUT2D eigenvalue weighted by Crippen LogP contribution is -2.04. The van der Waals surface area contributed by atoms with E-state index in [0.29, 0.717) is 17.5 Å². The molecule has 52 heavy (non-hydrogen) atoms. The molecule has 5 nitrogen and oxygen atoms in total. The number of aromatic nitrogens is 5. The third-order valence-corrected chi connectivity index (χ3v) is 10.6. The number of hydrogen-bond acceptors (Lipinski definition) is 5. The summed E-state index contributed by atoms with van der Waals surface area (Å²) in [5, 5.41) is 3.31. The van der Waals surface area contributed by atoms with E-state index >= 15 is 0 Å². The van der Waals surface area contributed by atoms with E-state index < -0.39 is 0 Å². The topological polar surface area (TPSA) is 56.5 Å². The molecule has 0 saturated heterocycles. The summed E-state index contributed by atoms with van der Waals surface area (Å²) in [6.07, 6.45) is 0. The Morgan fingerprint density at radius 1 is 0.385 bits per heavy atom. The molecule has 6 heteroatoms. The van der Waals surface area contributed by atoms with E-state index in [9.17, 15) is 0 Å². The van der Waals surface area contributed by atoms with Crippen molar-refractivity contribution in [2.24, 2.45) is 0 Å². The fourth-order valence-electron chi connectivity index (χ4n) is 7.01. The molecule has 0 amide bonds. The molecule has 0 aliphatic carbocycles. The van der Waals surface area contributed by atoms with Gasteiger partial charge in [0.15, 0.2) is 17.5 Å². The van der Waals surface area contributed by atoms with Crippen LogP contribution < -0.4 is 0 Å². The minimum Gasteiger partial charge on any atom is -0.309 e. The molecule has 244 valence electrons. The molecule has 0 N–H and O–H groups in total. The van der Waals surface area contributed by atoms with Crippen LogP contribution in [0.25, 0.3) is 93.6 Å². The van der Waals surface area contributed by atoms with Crippen molar-refractivity contribution in [1.82, 2.24) is 24.5 Å². The van der Waals surface area contributed by atoms with Gasteiger partial charge in [-0.15, -0.1) is 11.3 Å². The van der Waals surface area contributed by atoms with Crippen LogP contribution in [0.4, 0.5) is 0 Å². The molecule has 10 aromatic rings. The van der Waals surface area contributed by atoms with Crippen LogP contribution in [0, 0.1) is 0 Å². The molecule has 10 rings (SSSR count). The summed E-state index contributed by atoms with van der Waals surface area (Å²) in [6.45, 7) is 0. The van der Waals surface area contributed by atoms with Gasteiger partial charge in [0, 0.05) is 33.0 Å². The van der Waals surface area contributed by atoms with Gasteiger partial charge in [-0.05, 0) is 59.7 Å². The number of fused-ring (bicyclic) bond motifs is 4. The molecule has 0 saturated carbocycles. The van der Waals surface area contributed by atoms with Crippen molar-refractivity contribution in [3.8, 4) is 61.5 Å². The summed E-state index contributed by atoms with van der Waals surface area (Å²) in [6, 6.07) is 61.1. The summed E-state index contributed by atoms with van der Waals surface area (Å²) < 4.78 is 3.50. The Balaban J connectivity index is 1.26. The van der Waals surface area contributed by atoms with Crippen LogP contribution in [0.15, 0.2) is 176 Å². The molecule has 0 aliphatic heterocycles. The molecule has 0 fully saturated rings. The molecular weight excluding hydrogens is 655 g/mol. The SMILES string of the molecule is c1ccc(-c2ccc3c(c2)c2ccccc2n3-c2ccc(-c3nc4ccccc4s3)cc2-c2nc(-c3ccccc3)nc(-c3ccccc3)n2)cc1. The third-order valence-electron chi connectivity index (χ3n) is 9.50. The van der Waals surface area contributed by atoms with Gasteiger partial charge in [0.2, 0.25) is 0 Å². The first kappa shape index (κ1) is 30.1. The van der Waals surface area contributed by atoms with Crippen LogP contribution in [0.1, 0.15) is 0 Å². The summed E-state index contributed by atoms with van der Waals surface area (Å²) in [5.41, 5.74) is 10.3. The molecule has 3 heterocycles. The Morgan fingerprint density at radius 2 is 0.962 bits per heavy atom. The molecule has 0 aliphatic rings. The largest absolute Gasteiger partial charge is 0.309 e. The number of hydrogen-bond donors (Lipinski definition) is 0. The Bertz CT molecular complexity index is 2810. The molecule has 0 spiro atoms. The van der Waals surface area contributed by atoms with Crippen molar-refractivity contribution < 1.29 is 0 Å². The first-order chi connectivity index (χ1) is 25.8. The van der Waals surface area contributed by atoms with Gasteiger partial charge in [-0.25, -0.2) is 19.9 Å². The summed E-state index contributed by atoms with van der Waals surface area (Å²) in [5.74, 6) is 1.84. The summed E-state index contributed by atoms with van der Waals surface area (Å²) >= 11 is 1.69. The quantitative estimate of drug-likeness (QED) is 0.175. The zero-order valence-corrected chi connectivity index (χ0v) is 28.7. The number of thiazole rings is 1. The standard InChI is InChI=1S/C46H29N5S/c1-4-14-30(15-5-1)33-24-26-40-36(28-33)35-20-10-12-22-39(35)51(40)41-27-25-34(46-47-38-21-11-13-23-42(38)52-46)29-37(41)45-49-43(31-16-6-2-7-17-31)48-44(50-45)32-18-8-3-9-19-32/h1-29H. The van der Waals surface area contributed by atoms with Crippen LogP contribution >= 0.6 is 11.3 Å². The molecule has 7 aromatic carbocycles. The van der Waals surface area contributed by atoms with E-state index in [1.165, 1.54) is 21.9 Å². The van der Waals surface area contributed by atoms with Crippen LogP contribution in [0.3, 0.4) is 0 Å². The first-order valence-corrected chi connectivity index (χ1v) is 18.0. The van der Waals surface area contributed by atoms with Gasteiger partial charge < -0.3 is 4.57 Å². The monoisotopic (exact) mass is 683 g/mol. The summed E-state index contributed by atoms with van der Waals surface area (Å²) in [7, 11) is 0. The lowest BCUT2D eigenvalue weighted by atomic mass is 10.0.